The topological polar surface area (TPSA) is 0 Å². The highest BCUT2D eigenvalue weighted by molar-refractivity contribution is 4.92. The highest BCUT2D eigenvalue weighted by Crippen LogP contribution is 2.44. The molecule has 0 saturated heterocycles. The molecule has 0 amide bonds. The summed E-state index contributed by atoms with van der Waals surface area (Å²) in [6.45, 7) is 18.1. The molecule has 0 radical (unpaired) electrons. The van der Waals surface area contributed by atoms with Gasteiger partial charge in [0.1, 0.15) is 0 Å². The molecular formula is C15H30. The first-order chi connectivity index (χ1) is 6.93. The van der Waals surface area contributed by atoms with Gasteiger partial charge in [0.25, 0.3) is 0 Å². The number of rotatable bonds is 7. The van der Waals surface area contributed by atoms with Crippen LogP contribution >= 0.6 is 0 Å². The van der Waals surface area contributed by atoms with Gasteiger partial charge in [-0.15, -0.1) is 6.58 Å². The van der Waals surface area contributed by atoms with Gasteiger partial charge in [-0.2, -0.15) is 0 Å². The van der Waals surface area contributed by atoms with Crippen molar-refractivity contribution >= 4 is 0 Å². The molecule has 0 saturated carbocycles. The third-order valence-corrected chi connectivity index (χ3v) is 4.56. The molecule has 0 aliphatic heterocycles. The Kier molecular flexibility index (Phi) is 6.24. The molecule has 3 unspecified atom stereocenters. The maximum absolute atomic E-state index is 3.99. The lowest BCUT2D eigenvalue weighted by molar-refractivity contribution is 0.0796. The van der Waals surface area contributed by atoms with Crippen molar-refractivity contribution < 1.29 is 0 Å². The van der Waals surface area contributed by atoms with Crippen LogP contribution in [0.2, 0.25) is 0 Å². The Balaban J connectivity index is 4.82. The van der Waals surface area contributed by atoms with E-state index in [-0.39, 0.29) is 0 Å². The molecule has 0 N–H and O–H groups in total. The van der Waals surface area contributed by atoms with E-state index in [1.165, 1.54) is 19.3 Å². The molecule has 3 atom stereocenters. The minimum absolute atomic E-state index is 0.462. The van der Waals surface area contributed by atoms with Crippen molar-refractivity contribution in [1.82, 2.24) is 0 Å². The van der Waals surface area contributed by atoms with E-state index in [4.69, 9.17) is 0 Å². The van der Waals surface area contributed by atoms with Gasteiger partial charge in [-0.3, -0.25) is 0 Å². The molecule has 0 nitrogen and oxygen atoms in total. The maximum Gasteiger partial charge on any atom is -0.0208 e. The van der Waals surface area contributed by atoms with E-state index in [0.717, 1.165) is 11.8 Å². The molecule has 0 spiro atoms. The fraction of sp³-hybridized carbons (Fsp3) is 0.867. The zero-order chi connectivity index (χ0) is 12.1. The van der Waals surface area contributed by atoms with Crippen LogP contribution in [-0.4, -0.2) is 0 Å². The van der Waals surface area contributed by atoms with Crippen molar-refractivity contribution in [3.05, 3.63) is 12.7 Å². The molecule has 0 heterocycles. The predicted molar refractivity (Wildman–Crippen MR) is 71.0 cm³/mol. The highest BCUT2D eigenvalue weighted by Gasteiger charge is 2.36. The van der Waals surface area contributed by atoms with E-state index in [1.54, 1.807) is 0 Å². The number of allylic oxidation sites excluding steroid dienone is 1. The fourth-order valence-corrected chi connectivity index (χ4v) is 2.79. The third kappa shape index (κ3) is 3.36. The molecule has 90 valence electrons. The van der Waals surface area contributed by atoms with Crippen molar-refractivity contribution in [2.45, 2.75) is 60.8 Å². The minimum atomic E-state index is 0.462. The molecule has 0 aliphatic rings. The summed E-state index contributed by atoms with van der Waals surface area (Å²) in [7, 11) is 0. The molecule has 0 fully saturated rings. The molecule has 0 heteroatoms. The molecule has 0 rings (SSSR count). The second-order valence-electron chi connectivity index (χ2n) is 5.51. The van der Waals surface area contributed by atoms with Gasteiger partial charge in [-0.1, -0.05) is 54.0 Å². The van der Waals surface area contributed by atoms with E-state index in [9.17, 15) is 0 Å². The average molecular weight is 210 g/mol. The molecule has 0 bridgehead atoms. The Hall–Kier alpha value is -0.260. The fourth-order valence-electron chi connectivity index (χ4n) is 2.79. The van der Waals surface area contributed by atoms with Crippen LogP contribution in [0.3, 0.4) is 0 Å². The van der Waals surface area contributed by atoms with Crippen LogP contribution in [0.4, 0.5) is 0 Å². The monoisotopic (exact) mass is 210 g/mol. The zero-order valence-corrected chi connectivity index (χ0v) is 11.6. The van der Waals surface area contributed by atoms with Gasteiger partial charge in [-0.25, -0.2) is 0 Å². The van der Waals surface area contributed by atoms with Gasteiger partial charge in [0.2, 0.25) is 0 Å². The first-order valence-corrected chi connectivity index (χ1v) is 6.56. The van der Waals surface area contributed by atoms with Crippen LogP contribution in [0.15, 0.2) is 12.7 Å². The predicted octanol–water partition coefficient (Wildman–Crippen LogP) is 5.30. The molecule has 0 aromatic carbocycles. The summed E-state index contributed by atoms with van der Waals surface area (Å²) < 4.78 is 0. The van der Waals surface area contributed by atoms with Crippen molar-refractivity contribution in [2.75, 3.05) is 0 Å². The van der Waals surface area contributed by atoms with Crippen molar-refractivity contribution in [3.8, 4) is 0 Å². The summed E-state index contributed by atoms with van der Waals surface area (Å²) in [6, 6.07) is 0. The van der Waals surface area contributed by atoms with Gasteiger partial charge >= 0.3 is 0 Å². The molecule has 0 aromatic rings. The van der Waals surface area contributed by atoms with Crippen LogP contribution in [0, 0.1) is 23.2 Å². The lowest BCUT2D eigenvalue weighted by Crippen LogP contribution is -2.35. The van der Waals surface area contributed by atoms with Crippen molar-refractivity contribution in [3.63, 3.8) is 0 Å². The average Bonchev–Trinajstić information content (AvgIpc) is 2.19. The van der Waals surface area contributed by atoms with Gasteiger partial charge in [-0.05, 0) is 36.0 Å². The molecule has 0 aliphatic carbocycles. The smallest absolute Gasteiger partial charge is 0.0208 e. The SMILES string of the molecule is C=CC(CC)C(C)C(C)(CCC)C(C)C. The van der Waals surface area contributed by atoms with Crippen LogP contribution in [0.1, 0.15) is 60.8 Å². The van der Waals surface area contributed by atoms with Gasteiger partial charge in [0.15, 0.2) is 0 Å². The molecule has 15 heavy (non-hydrogen) atoms. The Morgan fingerprint density at radius 3 is 2.00 bits per heavy atom. The molecule has 0 aromatic heterocycles. The van der Waals surface area contributed by atoms with Gasteiger partial charge in [0.05, 0.1) is 0 Å². The van der Waals surface area contributed by atoms with Crippen molar-refractivity contribution in [1.29, 1.82) is 0 Å². The lowest BCUT2D eigenvalue weighted by atomic mass is 9.63. The lowest BCUT2D eigenvalue weighted by Gasteiger charge is -2.42. The molecular weight excluding hydrogens is 180 g/mol. The second kappa shape index (κ2) is 6.35. The Morgan fingerprint density at radius 1 is 1.20 bits per heavy atom. The minimum Gasteiger partial charge on any atom is -0.103 e. The largest absolute Gasteiger partial charge is 0.103 e. The maximum atomic E-state index is 3.99. The van der Waals surface area contributed by atoms with E-state index >= 15 is 0 Å². The Bertz CT molecular complexity index is 180. The second-order valence-corrected chi connectivity index (χ2v) is 5.51. The van der Waals surface area contributed by atoms with E-state index in [2.05, 4.69) is 54.2 Å². The Labute approximate surface area is 97.2 Å². The first kappa shape index (κ1) is 14.7. The summed E-state index contributed by atoms with van der Waals surface area (Å²) in [6.07, 6.45) is 5.99. The highest BCUT2D eigenvalue weighted by atomic mass is 14.4. The quantitative estimate of drug-likeness (QED) is 0.500. The van der Waals surface area contributed by atoms with Gasteiger partial charge < -0.3 is 0 Å². The normalized spacial score (nSPS) is 19.7. The summed E-state index contributed by atoms with van der Waals surface area (Å²) in [5, 5.41) is 0. The summed E-state index contributed by atoms with van der Waals surface area (Å²) in [5.41, 5.74) is 0.462. The summed E-state index contributed by atoms with van der Waals surface area (Å²) in [4.78, 5) is 0. The third-order valence-electron chi connectivity index (χ3n) is 4.56. The van der Waals surface area contributed by atoms with Crippen LogP contribution in [-0.2, 0) is 0 Å². The van der Waals surface area contributed by atoms with E-state index < -0.39 is 0 Å². The van der Waals surface area contributed by atoms with Crippen LogP contribution in [0.25, 0.3) is 0 Å². The van der Waals surface area contributed by atoms with Crippen LogP contribution < -0.4 is 0 Å². The standard InChI is InChI=1S/C15H30/c1-8-11-15(7,12(4)5)13(6)14(9-2)10-3/h9,12-14H,2,8,10-11H2,1,3-7H3. The van der Waals surface area contributed by atoms with Gasteiger partial charge in [0, 0.05) is 0 Å². The summed E-state index contributed by atoms with van der Waals surface area (Å²) >= 11 is 0. The van der Waals surface area contributed by atoms with E-state index in [0.29, 0.717) is 11.3 Å². The first-order valence-electron chi connectivity index (χ1n) is 6.56. The van der Waals surface area contributed by atoms with Crippen LogP contribution in [0.5, 0.6) is 0 Å². The number of hydrogen-bond donors (Lipinski definition) is 0. The van der Waals surface area contributed by atoms with E-state index in [1.807, 2.05) is 0 Å². The zero-order valence-electron chi connectivity index (χ0n) is 11.6. The van der Waals surface area contributed by atoms with Crippen molar-refractivity contribution in [2.24, 2.45) is 23.2 Å². The summed E-state index contributed by atoms with van der Waals surface area (Å²) in [5.74, 6) is 2.16. The number of hydrogen-bond acceptors (Lipinski definition) is 0. The Morgan fingerprint density at radius 2 is 1.73 bits per heavy atom.